The quantitative estimate of drug-likeness (QED) is 0.701. The molecule has 1 aliphatic rings. The number of pyridine rings is 1. The lowest BCUT2D eigenvalue weighted by Crippen LogP contribution is -2.46. The number of rotatable bonds is 4. The average molecular weight is 343 g/mol. The molecule has 3 aromatic rings. The highest BCUT2D eigenvalue weighted by Crippen LogP contribution is 2.25. The summed E-state index contributed by atoms with van der Waals surface area (Å²) >= 11 is 0. The largest absolute Gasteiger partial charge is 0.354 e. The zero-order chi connectivity index (χ0) is 17.8. The number of aryl methyl sites for hydroxylation is 1. The van der Waals surface area contributed by atoms with Crippen LogP contribution in [0.4, 0.5) is 5.82 Å². The van der Waals surface area contributed by atoms with Crippen LogP contribution in [0.3, 0.4) is 0 Å². The van der Waals surface area contributed by atoms with Crippen molar-refractivity contribution in [2.24, 2.45) is 0 Å². The number of hydrogen-bond acceptors (Lipinski definition) is 3. The van der Waals surface area contributed by atoms with E-state index in [1.807, 2.05) is 0 Å². The Morgan fingerprint density at radius 2 is 1.42 bits per heavy atom. The lowest BCUT2D eigenvalue weighted by Gasteiger charge is -2.35. The van der Waals surface area contributed by atoms with Gasteiger partial charge in [0.15, 0.2) is 0 Å². The summed E-state index contributed by atoms with van der Waals surface area (Å²) in [6.07, 6.45) is 0. The number of aromatic nitrogens is 1. The van der Waals surface area contributed by atoms with Gasteiger partial charge < -0.3 is 4.90 Å². The number of piperazine rings is 1. The summed E-state index contributed by atoms with van der Waals surface area (Å²) in [4.78, 5) is 9.74. The Morgan fingerprint density at radius 1 is 0.769 bits per heavy atom. The maximum absolute atomic E-state index is 4.80. The Balaban J connectivity index is 1.45. The monoisotopic (exact) mass is 343 g/mol. The van der Waals surface area contributed by atoms with Crippen LogP contribution < -0.4 is 4.90 Å². The predicted octanol–water partition coefficient (Wildman–Crippen LogP) is 4.38. The first kappa shape index (κ1) is 16.8. The first-order valence-electron chi connectivity index (χ1n) is 9.33. The fourth-order valence-electron chi connectivity index (χ4n) is 3.59. The summed E-state index contributed by atoms with van der Waals surface area (Å²) in [6, 6.07) is 25.7. The molecule has 1 aliphatic heterocycles. The zero-order valence-corrected chi connectivity index (χ0v) is 15.3. The second kappa shape index (κ2) is 7.71. The summed E-state index contributed by atoms with van der Waals surface area (Å²) in [5.41, 5.74) is 4.97. The molecule has 4 rings (SSSR count). The van der Waals surface area contributed by atoms with E-state index in [0.717, 1.165) is 44.2 Å². The molecule has 3 heteroatoms. The molecule has 3 nitrogen and oxygen atoms in total. The van der Waals surface area contributed by atoms with Crippen molar-refractivity contribution in [3.05, 3.63) is 84.1 Å². The highest BCUT2D eigenvalue weighted by atomic mass is 15.3. The normalized spacial score (nSPS) is 15.2. The molecule has 0 bridgehead atoms. The van der Waals surface area contributed by atoms with E-state index >= 15 is 0 Å². The first-order valence-corrected chi connectivity index (χ1v) is 9.33. The molecule has 0 unspecified atom stereocenters. The molecule has 132 valence electrons. The third kappa shape index (κ3) is 3.94. The van der Waals surface area contributed by atoms with Crippen molar-refractivity contribution in [1.82, 2.24) is 9.88 Å². The molecule has 1 fully saturated rings. The van der Waals surface area contributed by atoms with Gasteiger partial charge in [0.05, 0.1) is 0 Å². The minimum absolute atomic E-state index is 1.03. The first-order chi connectivity index (χ1) is 12.8. The van der Waals surface area contributed by atoms with Crippen molar-refractivity contribution in [3.63, 3.8) is 0 Å². The maximum atomic E-state index is 4.80. The van der Waals surface area contributed by atoms with Gasteiger partial charge in [0.2, 0.25) is 0 Å². The molecule has 2 aromatic carbocycles. The van der Waals surface area contributed by atoms with Crippen LogP contribution in [0.15, 0.2) is 72.8 Å². The number of hydrogen-bond donors (Lipinski definition) is 0. The van der Waals surface area contributed by atoms with Gasteiger partial charge in [0.1, 0.15) is 5.82 Å². The van der Waals surface area contributed by atoms with Gasteiger partial charge in [-0.1, -0.05) is 60.7 Å². The van der Waals surface area contributed by atoms with Crippen LogP contribution in [-0.2, 0) is 6.54 Å². The van der Waals surface area contributed by atoms with E-state index in [-0.39, 0.29) is 0 Å². The Kier molecular flexibility index (Phi) is 4.98. The molecule has 0 saturated carbocycles. The summed E-state index contributed by atoms with van der Waals surface area (Å²) in [6.45, 7) is 7.32. The van der Waals surface area contributed by atoms with Gasteiger partial charge in [0, 0.05) is 38.4 Å². The fraction of sp³-hybridized carbons (Fsp3) is 0.261. The third-order valence-electron chi connectivity index (χ3n) is 4.99. The highest BCUT2D eigenvalue weighted by molar-refractivity contribution is 5.67. The molecular formula is C23H25N3. The maximum Gasteiger partial charge on any atom is 0.129 e. The number of anilines is 1. The van der Waals surface area contributed by atoms with E-state index in [2.05, 4.69) is 89.5 Å². The molecule has 0 N–H and O–H groups in total. The molecule has 1 saturated heterocycles. The Bertz CT molecular complexity index is 838. The van der Waals surface area contributed by atoms with Crippen molar-refractivity contribution < 1.29 is 0 Å². The van der Waals surface area contributed by atoms with Gasteiger partial charge in [-0.05, 0) is 35.7 Å². The molecule has 2 heterocycles. The van der Waals surface area contributed by atoms with Crippen LogP contribution in [0, 0.1) is 6.92 Å². The molecule has 0 amide bonds. The van der Waals surface area contributed by atoms with Gasteiger partial charge in [0.25, 0.3) is 0 Å². The van der Waals surface area contributed by atoms with Crippen molar-refractivity contribution in [1.29, 1.82) is 0 Å². The lowest BCUT2D eigenvalue weighted by atomic mass is 10.1. The lowest BCUT2D eigenvalue weighted by molar-refractivity contribution is 0.249. The summed E-state index contributed by atoms with van der Waals surface area (Å²) in [7, 11) is 0. The number of nitrogens with zero attached hydrogens (tertiary/aromatic N) is 3. The molecule has 0 atom stereocenters. The average Bonchev–Trinajstić information content (AvgIpc) is 2.70. The standard InChI is InChI=1S/C23H25N3/c1-19-16-22(21-10-6-3-7-11-21)17-23(24-19)26-14-12-25(13-15-26)18-20-8-4-2-5-9-20/h2-11,16-17H,12-15,18H2,1H3. The van der Waals surface area contributed by atoms with Gasteiger partial charge in [-0.3, -0.25) is 4.90 Å². The second-order valence-electron chi connectivity index (χ2n) is 6.97. The van der Waals surface area contributed by atoms with Crippen molar-refractivity contribution in [2.75, 3.05) is 31.1 Å². The minimum atomic E-state index is 1.03. The molecule has 0 aliphatic carbocycles. The van der Waals surface area contributed by atoms with Crippen LogP contribution in [-0.4, -0.2) is 36.1 Å². The van der Waals surface area contributed by atoms with Gasteiger partial charge in [-0.15, -0.1) is 0 Å². The number of benzene rings is 2. The van der Waals surface area contributed by atoms with E-state index in [9.17, 15) is 0 Å². The molecule has 1 aromatic heterocycles. The van der Waals surface area contributed by atoms with E-state index in [1.54, 1.807) is 0 Å². The van der Waals surface area contributed by atoms with Crippen LogP contribution in [0.25, 0.3) is 11.1 Å². The summed E-state index contributed by atoms with van der Waals surface area (Å²) in [5, 5.41) is 0. The smallest absolute Gasteiger partial charge is 0.129 e. The fourth-order valence-corrected chi connectivity index (χ4v) is 3.59. The molecular weight excluding hydrogens is 318 g/mol. The summed E-state index contributed by atoms with van der Waals surface area (Å²) in [5.74, 6) is 1.10. The van der Waals surface area contributed by atoms with Crippen LogP contribution in [0.5, 0.6) is 0 Å². The zero-order valence-electron chi connectivity index (χ0n) is 15.3. The van der Waals surface area contributed by atoms with Crippen molar-refractivity contribution in [2.45, 2.75) is 13.5 Å². The molecule has 0 radical (unpaired) electrons. The topological polar surface area (TPSA) is 19.4 Å². The van der Waals surface area contributed by atoms with Gasteiger partial charge >= 0.3 is 0 Å². The molecule has 0 spiro atoms. The van der Waals surface area contributed by atoms with Crippen LogP contribution >= 0.6 is 0 Å². The van der Waals surface area contributed by atoms with Crippen LogP contribution in [0.2, 0.25) is 0 Å². The Labute approximate surface area is 155 Å². The Morgan fingerprint density at radius 3 is 2.12 bits per heavy atom. The predicted molar refractivity (Wildman–Crippen MR) is 108 cm³/mol. The second-order valence-corrected chi connectivity index (χ2v) is 6.97. The van der Waals surface area contributed by atoms with E-state index in [1.165, 1.54) is 16.7 Å². The summed E-state index contributed by atoms with van der Waals surface area (Å²) < 4.78 is 0. The van der Waals surface area contributed by atoms with Gasteiger partial charge in [-0.2, -0.15) is 0 Å². The Hall–Kier alpha value is -2.65. The van der Waals surface area contributed by atoms with E-state index in [0.29, 0.717) is 0 Å². The molecule has 26 heavy (non-hydrogen) atoms. The van der Waals surface area contributed by atoms with E-state index in [4.69, 9.17) is 4.98 Å². The minimum Gasteiger partial charge on any atom is -0.354 e. The highest BCUT2D eigenvalue weighted by Gasteiger charge is 2.19. The third-order valence-corrected chi connectivity index (χ3v) is 4.99. The van der Waals surface area contributed by atoms with E-state index < -0.39 is 0 Å². The van der Waals surface area contributed by atoms with Crippen LogP contribution in [0.1, 0.15) is 11.3 Å². The van der Waals surface area contributed by atoms with Crippen molar-refractivity contribution in [3.8, 4) is 11.1 Å². The van der Waals surface area contributed by atoms with Crippen molar-refractivity contribution >= 4 is 5.82 Å². The SMILES string of the molecule is Cc1cc(-c2ccccc2)cc(N2CCN(Cc3ccccc3)CC2)n1. The van der Waals surface area contributed by atoms with Gasteiger partial charge in [-0.25, -0.2) is 4.98 Å².